The number of amides is 1. The summed E-state index contributed by atoms with van der Waals surface area (Å²) in [7, 11) is 2.18. The Morgan fingerprint density at radius 3 is 2.19 bits per heavy atom. The van der Waals surface area contributed by atoms with Crippen LogP contribution in [0, 0.1) is 0 Å². The monoisotopic (exact) mass is 439 g/mol. The summed E-state index contributed by atoms with van der Waals surface area (Å²) in [5.74, 6) is 0.851. The summed E-state index contributed by atoms with van der Waals surface area (Å²) in [5.41, 5.74) is 3.99. The number of likely N-dealkylation sites (tertiary alicyclic amines) is 1. The lowest BCUT2D eigenvalue weighted by Gasteiger charge is -2.34. The van der Waals surface area contributed by atoms with Crippen LogP contribution in [0.25, 0.3) is 0 Å². The van der Waals surface area contributed by atoms with Crippen molar-refractivity contribution in [2.75, 3.05) is 51.2 Å². The molecule has 2 saturated heterocycles. The number of benzene rings is 2. The van der Waals surface area contributed by atoms with Gasteiger partial charge in [-0.1, -0.05) is 35.9 Å². The smallest absolute Gasteiger partial charge is 0.222 e. The zero-order chi connectivity index (χ0) is 21.6. The minimum absolute atomic E-state index is 0.309. The highest BCUT2D eigenvalue weighted by atomic mass is 35.5. The molecule has 0 N–H and O–H groups in total. The summed E-state index contributed by atoms with van der Waals surface area (Å²) in [5, 5.41) is 0.783. The number of halogens is 1. The van der Waals surface area contributed by atoms with Crippen LogP contribution in [0.3, 0.4) is 0 Å². The molecule has 0 spiro atoms. The minimum Gasteiger partial charge on any atom is -0.369 e. The van der Waals surface area contributed by atoms with Crippen molar-refractivity contribution < 1.29 is 4.79 Å². The highest BCUT2D eigenvalue weighted by molar-refractivity contribution is 6.30. The molecule has 2 aliphatic heterocycles. The van der Waals surface area contributed by atoms with Crippen molar-refractivity contribution in [3.63, 3.8) is 0 Å². The van der Waals surface area contributed by atoms with Gasteiger partial charge in [0.2, 0.25) is 5.91 Å². The van der Waals surface area contributed by atoms with Crippen molar-refractivity contribution in [2.24, 2.45) is 0 Å². The molecule has 4 rings (SSSR count). The zero-order valence-electron chi connectivity index (χ0n) is 18.6. The van der Waals surface area contributed by atoms with Crippen LogP contribution in [0.15, 0.2) is 48.5 Å². The van der Waals surface area contributed by atoms with Crippen LogP contribution in [-0.2, 0) is 11.2 Å². The minimum atomic E-state index is 0.309. The summed E-state index contributed by atoms with van der Waals surface area (Å²) < 4.78 is 0. The molecule has 31 heavy (non-hydrogen) atoms. The third kappa shape index (κ3) is 6.02. The van der Waals surface area contributed by atoms with Gasteiger partial charge in [-0.2, -0.15) is 0 Å². The molecule has 0 aromatic heterocycles. The summed E-state index contributed by atoms with van der Waals surface area (Å²) in [6.07, 6.45) is 4.62. The second-order valence-corrected chi connectivity index (χ2v) is 9.45. The van der Waals surface area contributed by atoms with Gasteiger partial charge in [-0.25, -0.2) is 0 Å². The first-order chi connectivity index (χ1) is 15.1. The molecule has 0 bridgehead atoms. The van der Waals surface area contributed by atoms with Crippen molar-refractivity contribution in [2.45, 2.75) is 38.0 Å². The lowest BCUT2D eigenvalue weighted by molar-refractivity contribution is -0.132. The quantitative estimate of drug-likeness (QED) is 0.645. The van der Waals surface area contributed by atoms with E-state index in [0.717, 1.165) is 70.0 Å². The maximum Gasteiger partial charge on any atom is 0.222 e. The van der Waals surface area contributed by atoms with E-state index >= 15 is 0 Å². The first kappa shape index (κ1) is 22.2. The van der Waals surface area contributed by atoms with Crippen LogP contribution >= 0.6 is 11.6 Å². The summed E-state index contributed by atoms with van der Waals surface area (Å²) >= 11 is 6.00. The summed E-state index contributed by atoms with van der Waals surface area (Å²) in [4.78, 5) is 19.6. The second-order valence-electron chi connectivity index (χ2n) is 9.02. The first-order valence-electron chi connectivity index (χ1n) is 11.6. The van der Waals surface area contributed by atoms with Gasteiger partial charge >= 0.3 is 0 Å². The number of carbonyl (C=O) groups excluding carboxylic acids is 1. The van der Waals surface area contributed by atoms with Crippen LogP contribution in [-0.4, -0.2) is 62.0 Å². The van der Waals surface area contributed by atoms with Crippen LogP contribution < -0.4 is 4.90 Å². The molecule has 2 heterocycles. The van der Waals surface area contributed by atoms with Crippen molar-refractivity contribution in [1.82, 2.24) is 9.80 Å². The third-order valence-corrected chi connectivity index (χ3v) is 7.10. The number of nitrogens with zero attached hydrogens (tertiary/aromatic N) is 3. The molecule has 0 unspecified atom stereocenters. The lowest BCUT2D eigenvalue weighted by Crippen LogP contribution is -2.44. The number of likely N-dealkylation sites (N-methyl/N-ethyl adjacent to an activating group) is 1. The predicted octanol–water partition coefficient (Wildman–Crippen LogP) is 4.82. The Morgan fingerprint density at radius 2 is 1.55 bits per heavy atom. The fourth-order valence-corrected chi connectivity index (χ4v) is 4.86. The van der Waals surface area contributed by atoms with Crippen LogP contribution in [0.2, 0.25) is 5.02 Å². The number of aryl methyl sites for hydroxylation is 1. The number of piperazine rings is 1. The van der Waals surface area contributed by atoms with E-state index in [4.69, 9.17) is 11.6 Å². The molecular weight excluding hydrogens is 406 g/mol. The highest BCUT2D eigenvalue weighted by Gasteiger charge is 2.23. The van der Waals surface area contributed by atoms with Gasteiger partial charge in [-0.3, -0.25) is 4.79 Å². The van der Waals surface area contributed by atoms with E-state index in [2.05, 4.69) is 58.1 Å². The largest absolute Gasteiger partial charge is 0.369 e. The van der Waals surface area contributed by atoms with E-state index in [1.54, 1.807) is 0 Å². The van der Waals surface area contributed by atoms with Gasteiger partial charge in [0.25, 0.3) is 0 Å². The Kier molecular flexibility index (Phi) is 7.52. The molecule has 0 radical (unpaired) electrons. The molecular formula is C26H34ClN3O. The topological polar surface area (TPSA) is 26.8 Å². The molecule has 166 valence electrons. The zero-order valence-corrected chi connectivity index (χ0v) is 19.4. The van der Waals surface area contributed by atoms with E-state index in [1.165, 1.54) is 16.8 Å². The molecule has 2 aromatic carbocycles. The Morgan fingerprint density at radius 1 is 0.903 bits per heavy atom. The molecule has 2 fully saturated rings. The van der Waals surface area contributed by atoms with E-state index in [0.29, 0.717) is 18.2 Å². The summed E-state index contributed by atoms with van der Waals surface area (Å²) in [6.45, 7) is 6.18. The van der Waals surface area contributed by atoms with Gasteiger partial charge in [0.05, 0.1) is 0 Å². The molecule has 0 saturated carbocycles. The maximum atomic E-state index is 12.7. The Bertz CT molecular complexity index is 836. The molecule has 5 heteroatoms. The van der Waals surface area contributed by atoms with Crippen molar-refractivity contribution in [3.05, 3.63) is 64.7 Å². The van der Waals surface area contributed by atoms with Gasteiger partial charge in [-0.05, 0) is 74.0 Å². The average Bonchev–Trinajstić information content (AvgIpc) is 2.81. The van der Waals surface area contributed by atoms with Gasteiger partial charge < -0.3 is 14.7 Å². The number of hydrogen-bond acceptors (Lipinski definition) is 3. The third-order valence-electron chi connectivity index (χ3n) is 6.85. The summed E-state index contributed by atoms with van der Waals surface area (Å²) in [6, 6.07) is 17.1. The molecule has 1 amide bonds. The fourth-order valence-electron chi connectivity index (χ4n) is 4.74. The van der Waals surface area contributed by atoms with Crippen molar-refractivity contribution in [1.29, 1.82) is 0 Å². The van der Waals surface area contributed by atoms with Crippen LogP contribution in [0.5, 0.6) is 0 Å². The number of rotatable bonds is 6. The first-order valence-corrected chi connectivity index (χ1v) is 12.0. The van der Waals surface area contributed by atoms with Crippen LogP contribution in [0.4, 0.5) is 5.69 Å². The van der Waals surface area contributed by atoms with E-state index in [-0.39, 0.29) is 0 Å². The van der Waals surface area contributed by atoms with Crippen molar-refractivity contribution in [3.8, 4) is 0 Å². The Balaban J connectivity index is 1.18. The average molecular weight is 440 g/mol. The number of carbonyl (C=O) groups is 1. The second kappa shape index (κ2) is 10.5. The van der Waals surface area contributed by atoms with Crippen LogP contribution in [0.1, 0.15) is 42.7 Å². The molecule has 0 aliphatic carbocycles. The van der Waals surface area contributed by atoms with Crippen molar-refractivity contribution >= 4 is 23.2 Å². The van der Waals surface area contributed by atoms with Gasteiger partial charge in [0.15, 0.2) is 0 Å². The fraction of sp³-hybridized carbons (Fsp3) is 0.500. The SMILES string of the molecule is CN1CCN(c2ccc(CCCC(=O)N3CCC(c4ccc(Cl)cc4)CC3)cc2)CC1. The van der Waals surface area contributed by atoms with Gasteiger partial charge in [-0.15, -0.1) is 0 Å². The van der Waals surface area contributed by atoms with E-state index in [1.807, 2.05) is 12.1 Å². The Labute approximate surface area is 191 Å². The van der Waals surface area contributed by atoms with E-state index < -0.39 is 0 Å². The molecule has 2 aliphatic rings. The van der Waals surface area contributed by atoms with Gasteiger partial charge in [0.1, 0.15) is 0 Å². The lowest BCUT2D eigenvalue weighted by atomic mass is 9.89. The molecule has 2 aromatic rings. The highest BCUT2D eigenvalue weighted by Crippen LogP contribution is 2.29. The molecule has 0 atom stereocenters. The van der Waals surface area contributed by atoms with Gasteiger partial charge in [0, 0.05) is 56.4 Å². The predicted molar refractivity (Wildman–Crippen MR) is 129 cm³/mol. The Hall–Kier alpha value is -2.04. The number of hydrogen-bond donors (Lipinski definition) is 0. The maximum absolute atomic E-state index is 12.7. The normalized spacial score (nSPS) is 18.4. The van der Waals surface area contributed by atoms with E-state index in [9.17, 15) is 4.79 Å². The molecule has 4 nitrogen and oxygen atoms in total. The number of piperidine rings is 1. The standard InChI is InChI=1S/C26H34ClN3O/c1-28-17-19-29(20-18-28)25-11-5-21(6-12-25)3-2-4-26(31)30-15-13-23(14-16-30)22-7-9-24(27)10-8-22/h5-12,23H,2-4,13-20H2,1H3. The number of anilines is 1.